The summed E-state index contributed by atoms with van der Waals surface area (Å²) in [7, 11) is 1.58. The SMILES string of the molecule is CNC(=O)c1ccc2c(c1)nc(Nc1ccc(OC(F)(F)F)cc1)n2C1CC(C)CC(C)C1. The van der Waals surface area contributed by atoms with Crippen LogP contribution in [-0.2, 0) is 0 Å². The van der Waals surface area contributed by atoms with E-state index in [1.807, 2.05) is 6.07 Å². The van der Waals surface area contributed by atoms with E-state index in [0.717, 1.165) is 18.4 Å². The predicted octanol–water partition coefficient (Wildman–Crippen LogP) is 6.04. The summed E-state index contributed by atoms with van der Waals surface area (Å²) in [6, 6.07) is 11.2. The number of ether oxygens (including phenoxy) is 1. The normalized spacial score (nSPS) is 21.1. The van der Waals surface area contributed by atoms with Gasteiger partial charge in [0, 0.05) is 24.3 Å². The lowest BCUT2D eigenvalue weighted by atomic mass is 9.80. The first-order valence-electron chi connectivity index (χ1n) is 11.0. The van der Waals surface area contributed by atoms with Gasteiger partial charge in [-0.05, 0) is 73.6 Å². The number of carbonyl (C=O) groups excluding carboxylic acids is 1. The number of rotatable bonds is 5. The molecule has 1 aliphatic rings. The van der Waals surface area contributed by atoms with E-state index in [4.69, 9.17) is 4.98 Å². The summed E-state index contributed by atoms with van der Waals surface area (Å²) in [6.45, 7) is 4.50. The van der Waals surface area contributed by atoms with Gasteiger partial charge in [0.05, 0.1) is 11.0 Å². The van der Waals surface area contributed by atoms with Gasteiger partial charge in [-0.25, -0.2) is 4.98 Å². The summed E-state index contributed by atoms with van der Waals surface area (Å²) in [6.07, 6.45) is -1.56. The van der Waals surface area contributed by atoms with Crippen LogP contribution in [0.15, 0.2) is 42.5 Å². The minimum absolute atomic E-state index is 0.193. The van der Waals surface area contributed by atoms with Gasteiger partial charge < -0.3 is 19.9 Å². The zero-order chi connectivity index (χ0) is 23.8. The number of alkyl halides is 3. The molecule has 0 aliphatic heterocycles. The van der Waals surface area contributed by atoms with Crippen LogP contribution in [0.25, 0.3) is 11.0 Å². The summed E-state index contributed by atoms with van der Waals surface area (Å²) >= 11 is 0. The molecular weight excluding hydrogens is 433 g/mol. The Morgan fingerprint density at radius 1 is 1.06 bits per heavy atom. The predicted molar refractivity (Wildman–Crippen MR) is 121 cm³/mol. The van der Waals surface area contributed by atoms with Crippen molar-refractivity contribution in [1.29, 1.82) is 0 Å². The van der Waals surface area contributed by atoms with E-state index in [2.05, 4.69) is 33.8 Å². The van der Waals surface area contributed by atoms with Gasteiger partial charge in [-0.1, -0.05) is 13.8 Å². The van der Waals surface area contributed by atoms with Crippen molar-refractivity contribution in [2.45, 2.75) is 45.5 Å². The molecular formula is C24H27F3N4O2. The molecule has 1 aromatic heterocycles. The molecule has 2 atom stereocenters. The molecule has 1 fully saturated rings. The maximum atomic E-state index is 12.5. The number of hydrogen-bond donors (Lipinski definition) is 2. The molecule has 0 spiro atoms. The molecule has 3 aromatic rings. The fraction of sp³-hybridized carbons (Fsp3) is 0.417. The molecule has 1 saturated carbocycles. The highest BCUT2D eigenvalue weighted by Gasteiger charge is 2.31. The van der Waals surface area contributed by atoms with Crippen LogP contribution in [0.3, 0.4) is 0 Å². The lowest BCUT2D eigenvalue weighted by Crippen LogP contribution is -2.23. The van der Waals surface area contributed by atoms with Gasteiger partial charge in [0.2, 0.25) is 5.95 Å². The second kappa shape index (κ2) is 8.96. The van der Waals surface area contributed by atoms with Crippen LogP contribution in [0.2, 0.25) is 0 Å². The third kappa shape index (κ3) is 5.23. The van der Waals surface area contributed by atoms with E-state index in [9.17, 15) is 18.0 Å². The van der Waals surface area contributed by atoms with Crippen LogP contribution >= 0.6 is 0 Å². The largest absolute Gasteiger partial charge is 0.573 e. The van der Waals surface area contributed by atoms with Crippen LogP contribution in [-0.4, -0.2) is 28.9 Å². The zero-order valence-electron chi connectivity index (χ0n) is 18.7. The Kier molecular flexibility index (Phi) is 6.23. The highest BCUT2D eigenvalue weighted by atomic mass is 19.4. The summed E-state index contributed by atoms with van der Waals surface area (Å²) in [5, 5.41) is 5.88. The van der Waals surface area contributed by atoms with Gasteiger partial charge >= 0.3 is 6.36 Å². The average Bonchev–Trinajstić information content (AvgIpc) is 3.09. The molecule has 1 aliphatic carbocycles. The zero-order valence-corrected chi connectivity index (χ0v) is 18.7. The Labute approximate surface area is 190 Å². The number of carbonyl (C=O) groups is 1. The monoisotopic (exact) mass is 460 g/mol. The standard InChI is InChI=1S/C24H27F3N4O2/c1-14-10-15(2)12-18(11-14)31-21-9-4-16(22(32)28-3)13-20(21)30-23(31)29-17-5-7-19(8-6-17)33-24(25,26)27/h4-9,13-15,18H,10-12H2,1-3H3,(H,28,32)(H,29,30). The summed E-state index contributed by atoms with van der Waals surface area (Å²) in [4.78, 5) is 16.9. The third-order valence-corrected chi connectivity index (χ3v) is 6.04. The van der Waals surface area contributed by atoms with Gasteiger partial charge in [-0.15, -0.1) is 13.2 Å². The lowest BCUT2D eigenvalue weighted by Gasteiger charge is -2.33. The third-order valence-electron chi connectivity index (χ3n) is 6.04. The minimum atomic E-state index is -4.74. The van der Waals surface area contributed by atoms with E-state index >= 15 is 0 Å². The number of anilines is 2. The van der Waals surface area contributed by atoms with E-state index in [-0.39, 0.29) is 17.7 Å². The Morgan fingerprint density at radius 2 is 1.73 bits per heavy atom. The molecule has 0 saturated heterocycles. The fourth-order valence-electron chi connectivity index (χ4n) is 4.83. The van der Waals surface area contributed by atoms with Crippen molar-refractivity contribution in [1.82, 2.24) is 14.9 Å². The van der Waals surface area contributed by atoms with E-state index < -0.39 is 6.36 Å². The van der Waals surface area contributed by atoms with Crippen LogP contribution in [0.5, 0.6) is 5.75 Å². The molecule has 176 valence electrons. The lowest BCUT2D eigenvalue weighted by molar-refractivity contribution is -0.274. The van der Waals surface area contributed by atoms with Crippen molar-refractivity contribution in [2.75, 3.05) is 12.4 Å². The van der Waals surface area contributed by atoms with Crippen LogP contribution in [0.1, 0.15) is 49.5 Å². The molecule has 6 nitrogen and oxygen atoms in total. The number of halogens is 3. The molecule has 4 rings (SSSR count). The molecule has 0 radical (unpaired) electrons. The minimum Gasteiger partial charge on any atom is -0.406 e. The number of benzene rings is 2. The topological polar surface area (TPSA) is 68.2 Å². The van der Waals surface area contributed by atoms with Crippen LogP contribution in [0.4, 0.5) is 24.8 Å². The van der Waals surface area contributed by atoms with Crippen molar-refractivity contribution in [3.8, 4) is 5.75 Å². The Hall–Kier alpha value is -3.23. The van der Waals surface area contributed by atoms with Gasteiger partial charge in [-0.2, -0.15) is 0 Å². The van der Waals surface area contributed by atoms with Crippen molar-refractivity contribution in [3.63, 3.8) is 0 Å². The Balaban J connectivity index is 1.71. The maximum Gasteiger partial charge on any atom is 0.573 e. The summed E-state index contributed by atoms with van der Waals surface area (Å²) in [5.41, 5.74) is 2.69. The van der Waals surface area contributed by atoms with Crippen molar-refractivity contribution < 1.29 is 22.7 Å². The number of aromatic nitrogens is 2. The van der Waals surface area contributed by atoms with Crippen molar-refractivity contribution in [2.24, 2.45) is 11.8 Å². The van der Waals surface area contributed by atoms with Crippen molar-refractivity contribution in [3.05, 3.63) is 48.0 Å². The number of nitrogens with one attached hydrogen (secondary N) is 2. The van der Waals surface area contributed by atoms with Gasteiger partial charge in [0.25, 0.3) is 5.91 Å². The first-order valence-corrected chi connectivity index (χ1v) is 11.0. The highest BCUT2D eigenvalue weighted by Crippen LogP contribution is 2.40. The Bertz CT molecular complexity index is 1130. The molecule has 1 amide bonds. The number of amides is 1. The van der Waals surface area contributed by atoms with E-state index in [0.29, 0.717) is 34.6 Å². The fourth-order valence-corrected chi connectivity index (χ4v) is 4.83. The molecule has 0 bridgehead atoms. The first kappa shape index (κ1) is 22.9. The van der Waals surface area contributed by atoms with Gasteiger partial charge in [0.1, 0.15) is 5.75 Å². The van der Waals surface area contributed by atoms with Gasteiger partial charge in [-0.3, -0.25) is 4.79 Å². The average molecular weight is 461 g/mol. The van der Waals surface area contributed by atoms with E-state index in [1.54, 1.807) is 19.2 Å². The molecule has 9 heteroatoms. The second-order valence-electron chi connectivity index (χ2n) is 8.86. The van der Waals surface area contributed by atoms with E-state index in [1.165, 1.54) is 30.7 Å². The second-order valence-corrected chi connectivity index (χ2v) is 8.86. The quantitative estimate of drug-likeness (QED) is 0.487. The number of hydrogen-bond acceptors (Lipinski definition) is 4. The molecule has 2 N–H and O–H groups in total. The summed E-state index contributed by atoms with van der Waals surface area (Å²) < 4.78 is 43.5. The van der Waals surface area contributed by atoms with Crippen molar-refractivity contribution >= 4 is 28.6 Å². The molecule has 33 heavy (non-hydrogen) atoms. The maximum absolute atomic E-state index is 12.5. The summed E-state index contributed by atoms with van der Waals surface area (Å²) in [5.74, 6) is 1.24. The Morgan fingerprint density at radius 3 is 2.33 bits per heavy atom. The van der Waals surface area contributed by atoms with Gasteiger partial charge in [0.15, 0.2) is 0 Å². The first-order chi connectivity index (χ1) is 15.6. The van der Waals surface area contributed by atoms with Crippen LogP contribution in [0, 0.1) is 11.8 Å². The molecule has 1 heterocycles. The number of imidazole rings is 1. The molecule has 2 aromatic carbocycles. The number of fused-ring (bicyclic) bond motifs is 1. The number of nitrogens with zero attached hydrogens (tertiary/aromatic N) is 2. The van der Waals surface area contributed by atoms with Crippen LogP contribution < -0.4 is 15.4 Å². The smallest absolute Gasteiger partial charge is 0.406 e. The molecule has 2 unspecified atom stereocenters. The highest BCUT2D eigenvalue weighted by molar-refractivity contribution is 5.97.